The van der Waals surface area contributed by atoms with E-state index in [2.05, 4.69) is 146 Å². The van der Waals surface area contributed by atoms with Crippen LogP contribution in [0.3, 0.4) is 0 Å². The van der Waals surface area contributed by atoms with Gasteiger partial charge in [-0.05, 0) is 153 Å². The average Bonchev–Trinajstić information content (AvgIpc) is 3.51. The zero-order valence-electron chi connectivity index (χ0n) is 34.9. The summed E-state index contributed by atoms with van der Waals surface area (Å²) in [6.07, 6.45) is 8.65. The minimum Gasteiger partial charge on any atom is -0.492 e. The first kappa shape index (κ1) is 42.3. The second kappa shape index (κ2) is 20.4. The molecule has 0 saturated carbocycles. The van der Waals surface area contributed by atoms with Crippen LogP contribution in [0, 0.1) is 30.6 Å². The topological polar surface area (TPSA) is 37.3 Å². The van der Waals surface area contributed by atoms with E-state index in [9.17, 15) is 0 Å². The predicted octanol–water partition coefficient (Wildman–Crippen LogP) is 12.2. The summed E-state index contributed by atoms with van der Waals surface area (Å²) in [5, 5.41) is 4.19. The van der Waals surface area contributed by atoms with Gasteiger partial charge in [0.2, 0.25) is 7.07 Å². The summed E-state index contributed by atoms with van der Waals surface area (Å²) in [6, 6.07) is 38.4. The maximum Gasteiger partial charge on any atom is 0.207 e. The zero-order valence-corrected chi connectivity index (χ0v) is 36.7. The smallest absolute Gasteiger partial charge is 0.207 e. The van der Waals surface area contributed by atoms with Gasteiger partial charge in [0.25, 0.3) is 0 Å². The number of anilines is 1. The van der Waals surface area contributed by atoms with Crippen molar-refractivity contribution in [1.82, 2.24) is 4.78 Å². The maximum absolute atomic E-state index is 6.09. The molecule has 0 spiro atoms. The first-order valence-corrected chi connectivity index (χ1v) is 23.2. The van der Waals surface area contributed by atoms with Crippen LogP contribution in [0.5, 0.6) is 11.5 Å². The van der Waals surface area contributed by atoms with E-state index < -0.39 is 7.07 Å². The van der Waals surface area contributed by atoms with E-state index in [4.69, 9.17) is 21.1 Å². The van der Waals surface area contributed by atoms with Crippen molar-refractivity contribution in [2.75, 3.05) is 31.6 Å². The third-order valence-electron chi connectivity index (χ3n) is 10.9. The summed E-state index contributed by atoms with van der Waals surface area (Å²) in [5.41, 5.74) is 12.1. The Bertz CT molecular complexity index is 2320. The lowest BCUT2D eigenvalue weighted by molar-refractivity contribution is 0.324. The first-order valence-electron chi connectivity index (χ1n) is 20.7. The Hall–Kier alpha value is -5.26. The van der Waals surface area contributed by atoms with Gasteiger partial charge in [-0.1, -0.05) is 93.0 Å². The highest BCUT2D eigenvalue weighted by Crippen LogP contribution is 2.54. The van der Waals surface area contributed by atoms with Gasteiger partial charge in [-0.3, -0.25) is 0 Å². The highest BCUT2D eigenvalue weighted by Gasteiger charge is 2.42. The Morgan fingerprint density at radius 1 is 0.690 bits per heavy atom. The van der Waals surface area contributed by atoms with E-state index in [-0.39, 0.29) is 5.41 Å². The Labute approximate surface area is 353 Å². The van der Waals surface area contributed by atoms with Crippen LogP contribution in [-0.4, -0.2) is 37.7 Å². The standard InChI is InChI=1S/C51H56N3O2PS/c1-7-11-33-51(34-12-8-2)49-37-42(19-17-40-15-13-39(5)14-16-40)23-31-47(49)48-32-24-43(38-50(48)51)20-18-41-21-25-44(26-22-41)54(10-4)35-36-55-45-27-29-46(30-28-45)56-57(58)53(6)52-9-3/h9,13-16,21-32,37-38,57H,7-8,10-12,33-36H2,1-6H3/b52-9+. The van der Waals surface area contributed by atoms with Crippen LogP contribution in [0.25, 0.3) is 11.1 Å². The lowest BCUT2D eigenvalue weighted by atomic mass is 9.70. The molecule has 5 aromatic rings. The summed E-state index contributed by atoms with van der Waals surface area (Å²) in [6.45, 7) is 12.9. The van der Waals surface area contributed by atoms with Crippen LogP contribution in [0.1, 0.15) is 105 Å². The molecule has 1 unspecified atom stereocenters. The van der Waals surface area contributed by atoms with Gasteiger partial charge in [-0.25, -0.2) is 4.78 Å². The van der Waals surface area contributed by atoms with Crippen molar-refractivity contribution in [2.24, 2.45) is 5.10 Å². The van der Waals surface area contributed by atoms with Crippen LogP contribution in [0.4, 0.5) is 5.69 Å². The number of nitrogens with zero attached hydrogens (tertiary/aromatic N) is 3. The quantitative estimate of drug-likeness (QED) is 0.0430. The van der Waals surface area contributed by atoms with Gasteiger partial charge in [-0.15, -0.1) is 0 Å². The third kappa shape index (κ3) is 10.4. The summed E-state index contributed by atoms with van der Waals surface area (Å²) in [7, 11) is 0.183. The molecule has 0 aliphatic heterocycles. The Balaban J connectivity index is 1.15. The van der Waals surface area contributed by atoms with E-state index in [1.165, 1.54) is 53.5 Å². The molecular weight excluding hydrogens is 750 g/mol. The molecule has 1 atom stereocenters. The van der Waals surface area contributed by atoms with Crippen LogP contribution >= 0.6 is 7.07 Å². The van der Waals surface area contributed by atoms with E-state index in [0.29, 0.717) is 6.61 Å². The van der Waals surface area contributed by atoms with Crippen molar-refractivity contribution >= 4 is 30.8 Å². The number of benzene rings is 5. The number of aryl methyl sites for hydroxylation is 1. The molecular formula is C51H56N3O2PS. The maximum atomic E-state index is 6.09. The number of unbranched alkanes of at least 4 members (excludes halogenated alkanes) is 2. The molecule has 7 heteroatoms. The summed E-state index contributed by atoms with van der Waals surface area (Å²) >= 11 is 5.47. The van der Waals surface area contributed by atoms with Gasteiger partial charge in [-0.2, -0.15) is 5.10 Å². The lowest BCUT2D eigenvalue weighted by Crippen LogP contribution is -2.28. The Kier molecular flexibility index (Phi) is 14.9. The molecule has 1 aliphatic rings. The molecule has 0 aromatic heterocycles. The van der Waals surface area contributed by atoms with Crippen molar-refractivity contribution in [1.29, 1.82) is 0 Å². The van der Waals surface area contributed by atoms with Crippen molar-refractivity contribution in [2.45, 2.75) is 78.6 Å². The average molecular weight is 806 g/mol. The van der Waals surface area contributed by atoms with Crippen LogP contribution in [-0.2, 0) is 17.2 Å². The van der Waals surface area contributed by atoms with Gasteiger partial charge in [0.05, 0.1) is 6.54 Å². The number of fused-ring (bicyclic) bond motifs is 3. The molecule has 0 radical (unpaired) electrons. The molecule has 5 nitrogen and oxygen atoms in total. The third-order valence-corrected chi connectivity index (χ3v) is 13.0. The molecule has 0 fully saturated rings. The van der Waals surface area contributed by atoms with Crippen LogP contribution in [0.2, 0.25) is 0 Å². The van der Waals surface area contributed by atoms with Crippen LogP contribution in [0.15, 0.2) is 114 Å². The molecule has 0 heterocycles. The minimum atomic E-state index is -1.65. The largest absolute Gasteiger partial charge is 0.492 e. The predicted molar refractivity (Wildman–Crippen MR) is 249 cm³/mol. The van der Waals surface area contributed by atoms with Gasteiger partial charge in [0.15, 0.2) is 0 Å². The van der Waals surface area contributed by atoms with Crippen molar-refractivity contribution in [3.8, 4) is 46.3 Å². The SMILES string of the molecule is C/C=N/N(C)[PH](=S)Oc1ccc(OCCN(CC)c2ccc(C#Cc3ccc4c(c3)C(CCCC)(CCCC)c3cc(C#Cc5ccc(C)cc5)ccc3-4)cc2)cc1. The lowest BCUT2D eigenvalue weighted by Gasteiger charge is -2.33. The van der Waals surface area contributed by atoms with Gasteiger partial charge >= 0.3 is 0 Å². The molecule has 5 aromatic carbocycles. The highest BCUT2D eigenvalue weighted by atomic mass is 32.4. The van der Waals surface area contributed by atoms with Crippen molar-refractivity contribution in [3.63, 3.8) is 0 Å². The summed E-state index contributed by atoms with van der Waals surface area (Å²) in [4.78, 5) is 2.31. The summed E-state index contributed by atoms with van der Waals surface area (Å²) < 4.78 is 13.7. The number of likely N-dealkylation sites (N-methyl/N-ethyl adjacent to an activating group) is 1. The van der Waals surface area contributed by atoms with Crippen molar-refractivity contribution < 1.29 is 9.26 Å². The number of hydrogen-bond acceptors (Lipinski definition) is 5. The summed E-state index contributed by atoms with van der Waals surface area (Å²) in [5.74, 6) is 15.4. The Morgan fingerprint density at radius 3 is 1.71 bits per heavy atom. The van der Waals surface area contributed by atoms with E-state index in [0.717, 1.165) is 65.4 Å². The van der Waals surface area contributed by atoms with Gasteiger partial charge in [0.1, 0.15) is 18.1 Å². The van der Waals surface area contributed by atoms with Gasteiger partial charge < -0.3 is 14.2 Å². The molecule has 0 bridgehead atoms. The molecule has 6 rings (SSSR count). The number of hydrogen-bond donors (Lipinski definition) is 0. The fourth-order valence-corrected chi connectivity index (χ4v) is 8.80. The van der Waals surface area contributed by atoms with E-state index >= 15 is 0 Å². The fraction of sp³-hybridized carbons (Fsp3) is 0.314. The monoisotopic (exact) mass is 805 g/mol. The number of ether oxygens (including phenoxy) is 1. The minimum absolute atomic E-state index is 0.0419. The zero-order chi connectivity index (χ0) is 40.9. The number of rotatable bonds is 16. The van der Waals surface area contributed by atoms with Crippen LogP contribution < -0.4 is 14.2 Å². The highest BCUT2D eigenvalue weighted by molar-refractivity contribution is 8.02. The molecule has 58 heavy (non-hydrogen) atoms. The second-order valence-corrected chi connectivity index (χ2v) is 17.3. The molecule has 1 aliphatic carbocycles. The fourth-order valence-electron chi connectivity index (χ4n) is 7.69. The van der Waals surface area contributed by atoms with Crippen molar-refractivity contribution in [3.05, 3.63) is 148 Å². The molecule has 0 amide bonds. The first-order chi connectivity index (χ1) is 28.3. The van der Waals surface area contributed by atoms with E-state index in [1.807, 2.05) is 38.2 Å². The van der Waals surface area contributed by atoms with E-state index in [1.54, 1.807) is 11.0 Å². The molecule has 298 valence electrons. The molecule has 0 N–H and O–H groups in total. The second-order valence-electron chi connectivity index (χ2n) is 14.9. The number of hydrazone groups is 1. The Morgan fingerprint density at radius 2 is 1.19 bits per heavy atom. The molecule has 0 saturated heterocycles. The van der Waals surface area contributed by atoms with Gasteiger partial charge in [0, 0.05) is 53.2 Å². The normalized spacial score (nSPS) is 12.7.